The van der Waals surface area contributed by atoms with Crippen molar-refractivity contribution in [1.29, 1.82) is 0 Å². The topological polar surface area (TPSA) is 164 Å². The molecular formula is C64H82N2O10S2. The third-order valence-electron chi connectivity index (χ3n) is 11.6. The fraction of sp³-hybridized carbons (Fsp3) is 0.391. The predicted molar refractivity (Wildman–Crippen MR) is 316 cm³/mol. The van der Waals surface area contributed by atoms with Crippen LogP contribution in [0, 0.1) is 0 Å². The van der Waals surface area contributed by atoms with Crippen molar-refractivity contribution in [1.82, 2.24) is 9.97 Å². The maximum Gasteiger partial charge on any atom is 0.305 e. The molecule has 2 aromatic heterocycles. The van der Waals surface area contributed by atoms with E-state index in [0.717, 1.165) is 79.2 Å². The highest BCUT2D eigenvalue weighted by atomic mass is 32.1. The fourth-order valence-electron chi connectivity index (χ4n) is 6.89. The molecule has 0 aliphatic heterocycles. The zero-order chi connectivity index (χ0) is 56.4. The summed E-state index contributed by atoms with van der Waals surface area (Å²) in [4.78, 5) is 40.9. The van der Waals surface area contributed by atoms with E-state index in [4.69, 9.17) is 28.8 Å². The van der Waals surface area contributed by atoms with Crippen LogP contribution in [0.3, 0.4) is 0 Å². The van der Waals surface area contributed by atoms with Crippen LogP contribution >= 0.6 is 22.7 Å². The van der Waals surface area contributed by atoms with Crippen LogP contribution in [0.1, 0.15) is 142 Å². The van der Waals surface area contributed by atoms with E-state index in [1.54, 1.807) is 24.5 Å². The van der Waals surface area contributed by atoms with Gasteiger partial charge in [0.25, 0.3) is 0 Å². The SMILES string of the molecule is CCOC(=O)CCCOc1ccc(CC)cc1.CCc1ccc(O)cc1.CCc1ccc(OCCCC(=O)c2nccs2)cc1.CCc1ccc(OCCCC(O)c2nccs2)cc1.CCc1ccc(OCCCC=O)cc1. The molecule has 0 bridgehead atoms. The van der Waals surface area contributed by atoms with Crippen LogP contribution < -0.4 is 18.9 Å². The van der Waals surface area contributed by atoms with Gasteiger partial charge in [-0.2, -0.15) is 0 Å². The number of Topliss-reactive ketones (excluding diaryl/α,β-unsaturated/α-hetero) is 1. The lowest BCUT2D eigenvalue weighted by molar-refractivity contribution is -0.143. The van der Waals surface area contributed by atoms with Gasteiger partial charge in [0, 0.05) is 42.4 Å². The molecule has 7 rings (SSSR count). The van der Waals surface area contributed by atoms with Crippen molar-refractivity contribution >= 4 is 40.7 Å². The van der Waals surface area contributed by atoms with Gasteiger partial charge in [0.2, 0.25) is 0 Å². The molecule has 0 radical (unpaired) electrons. The number of aryl methyl sites for hydroxylation is 5. The van der Waals surface area contributed by atoms with Crippen molar-refractivity contribution in [2.24, 2.45) is 0 Å². The number of phenols is 1. The van der Waals surface area contributed by atoms with E-state index in [9.17, 15) is 19.5 Å². The number of hydrogen-bond acceptors (Lipinski definition) is 14. The second-order valence-electron chi connectivity index (χ2n) is 17.5. The van der Waals surface area contributed by atoms with E-state index in [1.807, 2.05) is 78.3 Å². The molecule has 12 nitrogen and oxygen atoms in total. The summed E-state index contributed by atoms with van der Waals surface area (Å²) in [5.41, 5.74) is 6.47. The first-order valence-electron chi connectivity index (χ1n) is 27.3. The number of thiazole rings is 2. The number of ketones is 1. The number of aromatic nitrogens is 2. The molecule has 0 amide bonds. The van der Waals surface area contributed by atoms with E-state index < -0.39 is 6.10 Å². The largest absolute Gasteiger partial charge is 0.508 e. The number of benzene rings is 5. The van der Waals surface area contributed by atoms with Crippen LogP contribution in [0.4, 0.5) is 0 Å². The quantitative estimate of drug-likeness (QED) is 0.0207. The van der Waals surface area contributed by atoms with Crippen molar-refractivity contribution in [2.75, 3.05) is 33.0 Å². The van der Waals surface area contributed by atoms with Crippen molar-refractivity contribution < 1.29 is 48.3 Å². The van der Waals surface area contributed by atoms with Gasteiger partial charge in [-0.1, -0.05) is 95.3 Å². The average Bonchev–Trinajstić information content (AvgIpc) is 4.25. The zero-order valence-corrected chi connectivity index (χ0v) is 48.2. The van der Waals surface area contributed by atoms with E-state index in [-0.39, 0.29) is 11.8 Å². The normalized spacial score (nSPS) is 10.6. The molecule has 420 valence electrons. The fourth-order valence-corrected chi connectivity index (χ4v) is 8.16. The average molecular weight is 1100 g/mol. The van der Waals surface area contributed by atoms with Gasteiger partial charge in [0.1, 0.15) is 46.1 Å². The number of esters is 1. The Balaban J connectivity index is 0.000000261. The van der Waals surface area contributed by atoms with Crippen molar-refractivity contribution in [2.45, 2.75) is 131 Å². The Kier molecular flexibility index (Phi) is 34.6. The summed E-state index contributed by atoms with van der Waals surface area (Å²) in [5, 5.41) is 23.8. The lowest BCUT2D eigenvalue weighted by atomic mass is 10.2. The second kappa shape index (κ2) is 41.3. The van der Waals surface area contributed by atoms with Gasteiger partial charge in [-0.05, 0) is 160 Å². The van der Waals surface area contributed by atoms with Crippen LogP contribution in [0.2, 0.25) is 0 Å². The molecule has 5 aromatic carbocycles. The second-order valence-corrected chi connectivity index (χ2v) is 19.3. The standard InChI is InChI=1S/C15H19NO2S.C15H17NO2S.C14H20O3.C12H16O2.C8H10O/c2*1-2-12-5-7-13(8-6-12)18-10-3-4-14(17)15-16-9-11-19-15;1-3-12-7-9-13(10-8-12)17-11-5-6-14(15)16-4-2;1-2-11-5-7-12(8-6-11)14-10-4-3-9-13;1-2-7-3-5-8(9)6-4-7/h5-9,11,14,17H,2-4,10H2,1H3;5-9,11H,2-4,10H2,1H3;7-10H,3-6,11H2,1-2H3;5-9H,2-4,10H2,1H3;3-6,9H,2H2,1H3. The molecule has 1 unspecified atom stereocenters. The number of carbonyl (C=O) groups is 3. The number of phenolic OH excluding ortho intramolecular Hbond substituents is 1. The van der Waals surface area contributed by atoms with Crippen LogP contribution in [0.5, 0.6) is 28.7 Å². The number of hydrogen-bond donors (Lipinski definition) is 2. The molecule has 14 heteroatoms. The number of rotatable bonds is 28. The first-order chi connectivity index (χ1) is 38.0. The van der Waals surface area contributed by atoms with Crippen LogP contribution in [0.15, 0.2) is 144 Å². The number of nitrogens with zero attached hydrogens (tertiary/aromatic N) is 2. The van der Waals surface area contributed by atoms with Crippen LogP contribution in [-0.4, -0.2) is 71.3 Å². The molecule has 1 atom stereocenters. The molecule has 2 heterocycles. The minimum absolute atomic E-state index is 0.0972. The highest BCUT2D eigenvalue weighted by Crippen LogP contribution is 2.21. The zero-order valence-electron chi connectivity index (χ0n) is 46.6. The Morgan fingerprint density at radius 2 is 0.897 bits per heavy atom. The number of unbranched alkanes of at least 4 members (excludes halogenated alkanes) is 1. The molecular weight excluding hydrogens is 1020 g/mol. The number of aliphatic hydroxyl groups is 1. The third-order valence-corrected chi connectivity index (χ3v) is 13.3. The Morgan fingerprint density at radius 1 is 0.513 bits per heavy atom. The third kappa shape index (κ3) is 29.0. The Labute approximate surface area is 471 Å². The van der Waals surface area contributed by atoms with Gasteiger partial charge in [-0.15, -0.1) is 22.7 Å². The lowest BCUT2D eigenvalue weighted by Crippen LogP contribution is -2.06. The van der Waals surface area contributed by atoms with Gasteiger partial charge >= 0.3 is 5.97 Å². The summed E-state index contributed by atoms with van der Waals surface area (Å²) in [5.74, 6) is 3.77. The summed E-state index contributed by atoms with van der Waals surface area (Å²) in [6.45, 7) is 15.2. The van der Waals surface area contributed by atoms with E-state index in [1.165, 1.54) is 50.5 Å². The van der Waals surface area contributed by atoms with Gasteiger partial charge < -0.3 is 38.7 Å². The molecule has 2 N–H and O–H groups in total. The number of carbonyl (C=O) groups excluding carboxylic acids is 3. The summed E-state index contributed by atoms with van der Waals surface area (Å²) in [7, 11) is 0. The van der Waals surface area contributed by atoms with E-state index >= 15 is 0 Å². The number of aromatic hydroxyl groups is 1. The molecule has 78 heavy (non-hydrogen) atoms. The maximum atomic E-state index is 11.7. The van der Waals surface area contributed by atoms with E-state index in [0.29, 0.717) is 82.3 Å². The first-order valence-corrected chi connectivity index (χ1v) is 29.0. The molecule has 0 saturated heterocycles. The lowest BCUT2D eigenvalue weighted by Gasteiger charge is -2.09. The summed E-state index contributed by atoms with van der Waals surface area (Å²) >= 11 is 2.88. The van der Waals surface area contributed by atoms with E-state index in [2.05, 4.69) is 93.1 Å². The Morgan fingerprint density at radius 3 is 1.27 bits per heavy atom. The van der Waals surface area contributed by atoms with Gasteiger partial charge in [0.15, 0.2) is 10.8 Å². The van der Waals surface area contributed by atoms with Crippen molar-refractivity contribution in [3.05, 3.63) is 182 Å². The van der Waals surface area contributed by atoms with Crippen molar-refractivity contribution in [3.8, 4) is 28.7 Å². The summed E-state index contributed by atoms with van der Waals surface area (Å²) in [6, 6.07) is 39.6. The smallest absolute Gasteiger partial charge is 0.305 e. The number of ether oxygens (including phenoxy) is 5. The molecule has 0 aliphatic rings. The maximum absolute atomic E-state index is 11.7. The minimum atomic E-state index is -0.467. The summed E-state index contributed by atoms with van der Waals surface area (Å²) < 4.78 is 27.1. The Hall–Kier alpha value is -6.87. The van der Waals surface area contributed by atoms with Crippen LogP contribution in [-0.2, 0) is 46.4 Å². The molecule has 0 aliphatic carbocycles. The number of aliphatic hydroxyl groups excluding tert-OH is 1. The van der Waals surface area contributed by atoms with Crippen molar-refractivity contribution in [3.63, 3.8) is 0 Å². The highest BCUT2D eigenvalue weighted by molar-refractivity contribution is 7.11. The predicted octanol–water partition coefficient (Wildman–Crippen LogP) is 14.9. The molecule has 7 aromatic rings. The Bertz CT molecular complexity index is 2570. The highest BCUT2D eigenvalue weighted by Gasteiger charge is 2.10. The van der Waals surface area contributed by atoms with Gasteiger partial charge in [-0.25, -0.2) is 9.97 Å². The molecule has 0 spiro atoms. The molecule has 0 fully saturated rings. The van der Waals surface area contributed by atoms with Gasteiger partial charge in [-0.3, -0.25) is 9.59 Å². The summed E-state index contributed by atoms with van der Waals surface area (Å²) in [6.07, 6.45) is 14.2. The minimum Gasteiger partial charge on any atom is -0.508 e. The molecule has 0 saturated carbocycles. The number of aldehydes is 1. The monoisotopic (exact) mass is 1100 g/mol. The van der Waals surface area contributed by atoms with Gasteiger partial charge in [0.05, 0.1) is 33.0 Å². The first kappa shape index (κ1) is 65.4. The van der Waals surface area contributed by atoms with Crippen LogP contribution in [0.25, 0.3) is 0 Å².